The quantitative estimate of drug-likeness (QED) is 0.545. The molecule has 2 aromatic heterocycles. The molecule has 5 nitrogen and oxygen atoms in total. The number of aromatic nitrogens is 3. The molecule has 0 unspecified atom stereocenters. The highest BCUT2D eigenvalue weighted by Crippen LogP contribution is 2.35. The highest BCUT2D eigenvalue weighted by molar-refractivity contribution is 6.34. The average molecular weight is 312 g/mol. The van der Waals surface area contributed by atoms with Gasteiger partial charge in [0, 0.05) is 18.1 Å². The molecule has 0 radical (unpaired) electrons. The molecule has 0 aliphatic carbocycles. The number of fused-ring (bicyclic) bond motifs is 1. The van der Waals surface area contributed by atoms with Gasteiger partial charge >= 0.3 is 0 Å². The molecule has 0 aliphatic rings. The lowest BCUT2D eigenvalue weighted by atomic mass is 10.1. The van der Waals surface area contributed by atoms with E-state index in [9.17, 15) is 0 Å². The molecule has 0 fully saturated rings. The van der Waals surface area contributed by atoms with Crippen molar-refractivity contribution < 1.29 is 9.05 Å². The van der Waals surface area contributed by atoms with Crippen molar-refractivity contribution in [2.75, 3.05) is 0 Å². The minimum absolute atomic E-state index is 0.439. The van der Waals surface area contributed by atoms with Crippen LogP contribution in [0.15, 0.2) is 51.5 Å². The molecule has 0 atom stereocenters. The third kappa shape index (κ3) is 2.07. The first-order valence-corrected chi connectivity index (χ1v) is 7.05. The number of hydrogen-bond acceptors (Lipinski definition) is 5. The molecule has 0 aliphatic heterocycles. The first-order valence-electron chi connectivity index (χ1n) is 6.67. The highest BCUT2D eigenvalue weighted by Gasteiger charge is 2.16. The zero-order valence-electron chi connectivity index (χ0n) is 11.6. The van der Waals surface area contributed by atoms with Crippen LogP contribution in [0.1, 0.15) is 5.89 Å². The molecule has 0 amide bonds. The van der Waals surface area contributed by atoms with Crippen LogP contribution >= 0.6 is 11.6 Å². The van der Waals surface area contributed by atoms with Gasteiger partial charge in [-0.3, -0.25) is 0 Å². The fourth-order valence-electron chi connectivity index (χ4n) is 2.34. The van der Waals surface area contributed by atoms with Gasteiger partial charge in [0.25, 0.3) is 0 Å². The van der Waals surface area contributed by atoms with Gasteiger partial charge in [-0.1, -0.05) is 52.2 Å². The summed E-state index contributed by atoms with van der Waals surface area (Å²) in [5.74, 6) is 1.61. The molecule has 108 valence electrons. The maximum atomic E-state index is 6.37. The van der Waals surface area contributed by atoms with E-state index in [1.54, 1.807) is 13.0 Å². The Morgan fingerprint density at radius 1 is 1.00 bits per heavy atom. The summed E-state index contributed by atoms with van der Waals surface area (Å²) in [4.78, 5) is 4.19. The molecule has 4 rings (SSSR count). The van der Waals surface area contributed by atoms with Crippen LogP contribution in [0.3, 0.4) is 0 Å². The van der Waals surface area contributed by atoms with E-state index in [4.69, 9.17) is 20.6 Å². The van der Waals surface area contributed by atoms with Gasteiger partial charge in [0.05, 0.1) is 10.4 Å². The third-order valence-electron chi connectivity index (χ3n) is 3.37. The fourth-order valence-corrected chi connectivity index (χ4v) is 2.59. The lowest BCUT2D eigenvalue weighted by Gasteiger charge is -2.00. The topological polar surface area (TPSA) is 65.0 Å². The van der Waals surface area contributed by atoms with Gasteiger partial charge in [-0.05, 0) is 12.1 Å². The molecule has 4 aromatic rings. The van der Waals surface area contributed by atoms with Crippen LogP contribution in [0, 0.1) is 6.92 Å². The Bertz CT molecular complexity index is 960. The predicted molar refractivity (Wildman–Crippen MR) is 82.5 cm³/mol. The fraction of sp³-hybridized carbons (Fsp3) is 0.0625. The van der Waals surface area contributed by atoms with Gasteiger partial charge in [0.15, 0.2) is 5.76 Å². The second kappa shape index (κ2) is 4.96. The standard InChI is InChI=1S/C16H10ClN3O2/c1-9-18-16(20-21-9)11-8-14-12(7-13(11)17)15(22-19-14)10-5-3-2-4-6-10/h2-8H,1H3. The summed E-state index contributed by atoms with van der Waals surface area (Å²) in [6.07, 6.45) is 0. The molecule has 0 spiro atoms. The zero-order chi connectivity index (χ0) is 15.1. The van der Waals surface area contributed by atoms with Crippen LogP contribution < -0.4 is 0 Å². The Labute approximate surface area is 130 Å². The Morgan fingerprint density at radius 3 is 2.55 bits per heavy atom. The SMILES string of the molecule is Cc1nc(-c2cc3noc(-c4ccccc4)c3cc2Cl)no1. The molecule has 0 bridgehead atoms. The van der Waals surface area contributed by atoms with E-state index in [1.165, 1.54) is 0 Å². The van der Waals surface area contributed by atoms with Gasteiger partial charge in [0.1, 0.15) is 5.52 Å². The molecular weight excluding hydrogens is 302 g/mol. The van der Waals surface area contributed by atoms with E-state index in [0.717, 1.165) is 10.9 Å². The van der Waals surface area contributed by atoms with Crippen molar-refractivity contribution in [1.29, 1.82) is 0 Å². The van der Waals surface area contributed by atoms with Crippen molar-refractivity contribution in [2.24, 2.45) is 0 Å². The molecule has 0 saturated heterocycles. The van der Waals surface area contributed by atoms with Crippen LogP contribution in [-0.2, 0) is 0 Å². The smallest absolute Gasteiger partial charge is 0.223 e. The lowest BCUT2D eigenvalue weighted by molar-refractivity contribution is 0.394. The van der Waals surface area contributed by atoms with Gasteiger partial charge in [-0.15, -0.1) is 0 Å². The van der Waals surface area contributed by atoms with E-state index in [2.05, 4.69) is 15.3 Å². The van der Waals surface area contributed by atoms with Crippen molar-refractivity contribution in [3.8, 4) is 22.7 Å². The monoisotopic (exact) mass is 311 g/mol. The van der Waals surface area contributed by atoms with E-state index in [-0.39, 0.29) is 0 Å². The Hall–Kier alpha value is -2.66. The van der Waals surface area contributed by atoms with Crippen LogP contribution in [-0.4, -0.2) is 15.3 Å². The minimum atomic E-state index is 0.439. The summed E-state index contributed by atoms with van der Waals surface area (Å²) >= 11 is 6.37. The van der Waals surface area contributed by atoms with Crippen LogP contribution in [0.5, 0.6) is 0 Å². The lowest BCUT2D eigenvalue weighted by Crippen LogP contribution is -1.84. The molecule has 2 aromatic carbocycles. The van der Waals surface area contributed by atoms with E-state index in [1.807, 2.05) is 36.4 Å². The largest absolute Gasteiger partial charge is 0.355 e. The first-order chi connectivity index (χ1) is 10.7. The summed E-state index contributed by atoms with van der Waals surface area (Å²) in [5.41, 5.74) is 2.31. The normalized spacial score (nSPS) is 11.2. The highest BCUT2D eigenvalue weighted by atomic mass is 35.5. The molecule has 6 heteroatoms. The number of benzene rings is 2. The van der Waals surface area contributed by atoms with Crippen molar-refractivity contribution in [2.45, 2.75) is 6.92 Å². The number of rotatable bonds is 2. The molecule has 2 heterocycles. The van der Waals surface area contributed by atoms with Gasteiger partial charge in [0.2, 0.25) is 11.7 Å². The molecular formula is C16H10ClN3O2. The van der Waals surface area contributed by atoms with Crippen LogP contribution in [0.2, 0.25) is 5.02 Å². The summed E-state index contributed by atoms with van der Waals surface area (Å²) in [5, 5.41) is 9.37. The zero-order valence-corrected chi connectivity index (χ0v) is 12.3. The summed E-state index contributed by atoms with van der Waals surface area (Å²) < 4.78 is 10.5. The summed E-state index contributed by atoms with van der Waals surface area (Å²) in [7, 11) is 0. The van der Waals surface area contributed by atoms with Gasteiger partial charge < -0.3 is 9.05 Å². The van der Waals surface area contributed by atoms with E-state index < -0.39 is 0 Å². The summed E-state index contributed by atoms with van der Waals surface area (Å²) in [6.45, 7) is 1.73. The van der Waals surface area contributed by atoms with Crippen molar-refractivity contribution >= 4 is 22.5 Å². The van der Waals surface area contributed by atoms with Crippen LogP contribution in [0.25, 0.3) is 33.6 Å². The van der Waals surface area contributed by atoms with Gasteiger partial charge in [-0.25, -0.2) is 0 Å². The maximum Gasteiger partial charge on any atom is 0.223 e. The average Bonchev–Trinajstić information content (AvgIpc) is 3.13. The molecule has 0 saturated carbocycles. The predicted octanol–water partition coefficient (Wildman–Crippen LogP) is 4.51. The Morgan fingerprint density at radius 2 is 1.82 bits per heavy atom. The number of hydrogen-bond donors (Lipinski definition) is 0. The Balaban J connectivity index is 1.91. The van der Waals surface area contributed by atoms with Crippen molar-refractivity contribution in [3.05, 3.63) is 53.4 Å². The number of aryl methyl sites for hydroxylation is 1. The van der Waals surface area contributed by atoms with Crippen LogP contribution in [0.4, 0.5) is 0 Å². The second-order valence-corrected chi connectivity index (χ2v) is 5.27. The molecule has 22 heavy (non-hydrogen) atoms. The number of halogens is 1. The maximum absolute atomic E-state index is 6.37. The minimum Gasteiger partial charge on any atom is -0.355 e. The molecule has 0 N–H and O–H groups in total. The second-order valence-electron chi connectivity index (χ2n) is 4.86. The third-order valence-corrected chi connectivity index (χ3v) is 3.68. The summed E-state index contributed by atoms with van der Waals surface area (Å²) in [6, 6.07) is 13.4. The van der Waals surface area contributed by atoms with Gasteiger partial charge in [-0.2, -0.15) is 4.98 Å². The van der Waals surface area contributed by atoms with E-state index in [0.29, 0.717) is 33.6 Å². The number of nitrogens with zero attached hydrogens (tertiary/aromatic N) is 3. The first kappa shape index (κ1) is 13.0. The van der Waals surface area contributed by atoms with E-state index >= 15 is 0 Å². The van der Waals surface area contributed by atoms with Crippen molar-refractivity contribution in [1.82, 2.24) is 15.3 Å². The Kier molecular flexibility index (Phi) is 2.94. The van der Waals surface area contributed by atoms with Crippen molar-refractivity contribution in [3.63, 3.8) is 0 Å².